The second kappa shape index (κ2) is 13.0. The number of carbonyl (C=O) groups excluding carboxylic acids is 2. The van der Waals surface area contributed by atoms with Crippen LogP contribution in [0.3, 0.4) is 0 Å². The van der Waals surface area contributed by atoms with E-state index in [2.05, 4.69) is 40.1 Å². The third kappa shape index (κ3) is 7.26. The van der Waals surface area contributed by atoms with Gasteiger partial charge in [0.1, 0.15) is 5.75 Å². The number of unbranched alkanes of at least 4 members (excludes halogenated alkanes) is 2. The minimum absolute atomic E-state index is 0.150. The van der Waals surface area contributed by atoms with Crippen molar-refractivity contribution in [3.05, 3.63) is 78.1 Å². The molecule has 0 bridgehead atoms. The Hall–Kier alpha value is -4.04. The number of aromatic hydroxyl groups is 1. The van der Waals surface area contributed by atoms with E-state index in [-0.39, 0.29) is 24.5 Å². The molecule has 0 saturated heterocycles. The molecule has 2 aromatic heterocycles. The van der Waals surface area contributed by atoms with Crippen LogP contribution in [-0.4, -0.2) is 37.7 Å². The Labute approximate surface area is 222 Å². The molecule has 0 fully saturated rings. The van der Waals surface area contributed by atoms with Gasteiger partial charge in [0, 0.05) is 35.8 Å². The number of hydrogen-bond donors (Lipinski definition) is 3. The molecular weight excluding hydrogens is 478 g/mol. The van der Waals surface area contributed by atoms with E-state index >= 15 is 0 Å². The van der Waals surface area contributed by atoms with E-state index in [1.165, 1.54) is 0 Å². The molecule has 0 aliphatic heterocycles. The van der Waals surface area contributed by atoms with E-state index in [9.17, 15) is 14.7 Å². The number of benzene rings is 2. The Morgan fingerprint density at radius 3 is 2.63 bits per heavy atom. The molecule has 0 spiro atoms. The second-order valence-electron chi connectivity index (χ2n) is 9.61. The molecule has 0 aliphatic carbocycles. The number of amides is 2. The number of phenols is 1. The molecule has 0 aliphatic rings. The zero-order chi connectivity index (χ0) is 26.9. The van der Waals surface area contributed by atoms with Crippen molar-refractivity contribution in [1.29, 1.82) is 0 Å². The van der Waals surface area contributed by atoms with Crippen molar-refractivity contribution in [3.63, 3.8) is 0 Å². The fraction of sp³-hybridized carbons (Fsp3) is 0.333. The monoisotopic (exact) mass is 513 g/mol. The maximum atomic E-state index is 12.3. The molecule has 4 rings (SSSR count). The number of nitrogens with one attached hydrogen (secondary N) is 1. The van der Waals surface area contributed by atoms with E-state index in [0.29, 0.717) is 6.42 Å². The molecule has 198 valence electrons. The summed E-state index contributed by atoms with van der Waals surface area (Å²) < 4.78 is 2.07. The number of aromatic nitrogens is 3. The average Bonchev–Trinajstić information content (AvgIpc) is 3.33. The molecule has 38 heavy (non-hydrogen) atoms. The van der Waals surface area contributed by atoms with Gasteiger partial charge < -0.3 is 10.8 Å². The molecule has 0 radical (unpaired) electrons. The summed E-state index contributed by atoms with van der Waals surface area (Å²) >= 11 is 0. The minimum atomic E-state index is -0.834. The molecule has 0 saturated carbocycles. The van der Waals surface area contributed by atoms with E-state index in [1.807, 2.05) is 24.4 Å². The van der Waals surface area contributed by atoms with Gasteiger partial charge in [0.15, 0.2) is 0 Å². The van der Waals surface area contributed by atoms with Crippen molar-refractivity contribution < 1.29 is 14.7 Å². The number of imide groups is 1. The van der Waals surface area contributed by atoms with E-state index in [1.54, 1.807) is 24.3 Å². The predicted octanol–water partition coefficient (Wildman–Crippen LogP) is 4.53. The Balaban J connectivity index is 1.29. The normalized spacial score (nSPS) is 11.9. The number of carbonyl (C=O) groups is 2. The molecule has 4 aromatic rings. The van der Waals surface area contributed by atoms with Gasteiger partial charge in [-0.1, -0.05) is 43.7 Å². The highest BCUT2D eigenvalue weighted by molar-refractivity contribution is 5.97. The van der Waals surface area contributed by atoms with E-state index in [0.717, 1.165) is 65.6 Å². The van der Waals surface area contributed by atoms with Crippen LogP contribution in [0.4, 0.5) is 0 Å². The molecule has 2 amide bonds. The van der Waals surface area contributed by atoms with Crippen LogP contribution in [0.15, 0.2) is 66.9 Å². The van der Waals surface area contributed by atoms with Crippen LogP contribution >= 0.6 is 0 Å². The van der Waals surface area contributed by atoms with Crippen molar-refractivity contribution in [2.24, 2.45) is 5.73 Å². The topological polar surface area (TPSA) is 123 Å². The number of nitrogens with two attached hydrogens (primary N) is 1. The molecule has 2 aromatic carbocycles. The predicted molar refractivity (Wildman–Crippen MR) is 148 cm³/mol. The Kier molecular flexibility index (Phi) is 9.21. The molecule has 2 heterocycles. The van der Waals surface area contributed by atoms with Gasteiger partial charge in [0.05, 0.1) is 17.3 Å². The highest BCUT2D eigenvalue weighted by Crippen LogP contribution is 2.24. The second-order valence-corrected chi connectivity index (χ2v) is 9.61. The number of hydrogen-bond acceptors (Lipinski definition) is 6. The zero-order valence-electron chi connectivity index (χ0n) is 21.8. The Bertz CT molecular complexity index is 1380. The highest BCUT2D eigenvalue weighted by Gasteiger charge is 2.17. The molecule has 4 N–H and O–H groups in total. The summed E-state index contributed by atoms with van der Waals surface area (Å²) in [7, 11) is 0. The number of pyridine rings is 1. The van der Waals surface area contributed by atoms with Crippen LogP contribution < -0.4 is 11.1 Å². The van der Waals surface area contributed by atoms with Gasteiger partial charge >= 0.3 is 0 Å². The van der Waals surface area contributed by atoms with Crippen molar-refractivity contribution in [2.45, 2.75) is 64.5 Å². The lowest BCUT2D eigenvalue weighted by Gasteiger charge is -2.12. The number of rotatable bonds is 12. The standard InChI is InChI=1S/C30H35N5O3/c1-2-3-16-35-24(19-28(34-35)23-18-22-8-4-6-10-27(22)32-20-23)9-5-7-11-29(37)33-30(38)26(31)17-21-12-14-25(36)15-13-21/h4,6,8,10,12-15,18-20,26,36H,2-3,5,7,9,11,16-17,31H2,1H3,(H,33,37,38)/t26-/m0/s1. The van der Waals surface area contributed by atoms with Gasteiger partial charge in [-0.25, -0.2) is 0 Å². The Morgan fingerprint density at radius 1 is 1.05 bits per heavy atom. The number of phenolic OH excluding ortho intramolecular Hbond substituents is 1. The summed E-state index contributed by atoms with van der Waals surface area (Å²) in [5, 5.41) is 17.7. The van der Waals surface area contributed by atoms with Crippen LogP contribution in [0.5, 0.6) is 5.75 Å². The van der Waals surface area contributed by atoms with Gasteiger partial charge in [-0.15, -0.1) is 0 Å². The molecule has 8 nitrogen and oxygen atoms in total. The maximum Gasteiger partial charge on any atom is 0.243 e. The van der Waals surface area contributed by atoms with Gasteiger partial charge in [-0.2, -0.15) is 5.10 Å². The first-order chi connectivity index (χ1) is 18.4. The quantitative estimate of drug-likeness (QED) is 0.239. The summed E-state index contributed by atoms with van der Waals surface area (Å²) in [5.41, 5.74) is 10.8. The first-order valence-electron chi connectivity index (χ1n) is 13.2. The Morgan fingerprint density at radius 2 is 1.84 bits per heavy atom. The summed E-state index contributed by atoms with van der Waals surface area (Å²) in [6.45, 7) is 3.01. The van der Waals surface area contributed by atoms with Crippen molar-refractivity contribution in [1.82, 2.24) is 20.1 Å². The SMILES string of the molecule is CCCCn1nc(-c2cnc3ccccc3c2)cc1CCCCC(=O)NC(=O)[C@@H](N)Cc1ccc(O)cc1. The van der Waals surface area contributed by atoms with E-state index < -0.39 is 11.9 Å². The van der Waals surface area contributed by atoms with Gasteiger partial charge in [-0.3, -0.25) is 24.6 Å². The van der Waals surface area contributed by atoms with Gasteiger partial charge in [0.25, 0.3) is 0 Å². The van der Waals surface area contributed by atoms with Crippen LogP contribution in [0.2, 0.25) is 0 Å². The molecular formula is C30H35N5O3. The first kappa shape index (κ1) is 27.0. The zero-order valence-corrected chi connectivity index (χ0v) is 21.8. The van der Waals surface area contributed by atoms with Crippen molar-refractivity contribution in [2.75, 3.05) is 0 Å². The van der Waals surface area contributed by atoms with Crippen molar-refractivity contribution >= 4 is 22.7 Å². The van der Waals surface area contributed by atoms with Crippen LogP contribution in [0, 0.1) is 0 Å². The fourth-order valence-electron chi connectivity index (χ4n) is 4.37. The van der Waals surface area contributed by atoms with E-state index in [4.69, 9.17) is 10.8 Å². The molecule has 1 atom stereocenters. The third-order valence-corrected chi connectivity index (χ3v) is 6.55. The minimum Gasteiger partial charge on any atom is -0.508 e. The maximum absolute atomic E-state index is 12.3. The average molecular weight is 514 g/mol. The lowest BCUT2D eigenvalue weighted by Crippen LogP contribution is -2.44. The summed E-state index contributed by atoms with van der Waals surface area (Å²) in [5.74, 6) is -0.662. The lowest BCUT2D eigenvalue weighted by molar-refractivity contribution is -0.131. The highest BCUT2D eigenvalue weighted by atomic mass is 16.3. The third-order valence-electron chi connectivity index (χ3n) is 6.55. The van der Waals surface area contributed by atoms with Gasteiger partial charge in [0.2, 0.25) is 11.8 Å². The lowest BCUT2D eigenvalue weighted by atomic mass is 10.1. The van der Waals surface area contributed by atoms with Gasteiger partial charge in [-0.05, 0) is 68.0 Å². The largest absolute Gasteiger partial charge is 0.508 e. The summed E-state index contributed by atoms with van der Waals surface area (Å²) in [4.78, 5) is 29.2. The smallest absolute Gasteiger partial charge is 0.243 e. The summed E-state index contributed by atoms with van der Waals surface area (Å²) in [6, 6.07) is 17.9. The summed E-state index contributed by atoms with van der Waals surface area (Å²) in [6.07, 6.45) is 6.77. The van der Waals surface area contributed by atoms with Crippen LogP contribution in [-0.2, 0) is 29.0 Å². The number of fused-ring (bicyclic) bond motifs is 1. The molecule has 8 heteroatoms. The number of aryl methyl sites for hydroxylation is 2. The number of nitrogens with zero attached hydrogens (tertiary/aromatic N) is 3. The van der Waals surface area contributed by atoms with Crippen LogP contribution in [0.1, 0.15) is 50.3 Å². The first-order valence-corrected chi connectivity index (χ1v) is 13.2. The van der Waals surface area contributed by atoms with Crippen LogP contribution in [0.25, 0.3) is 22.2 Å². The fourth-order valence-corrected chi connectivity index (χ4v) is 4.37. The number of para-hydroxylation sites is 1. The molecule has 0 unspecified atom stereocenters. The van der Waals surface area contributed by atoms with Crippen molar-refractivity contribution in [3.8, 4) is 17.0 Å².